The van der Waals surface area contributed by atoms with Gasteiger partial charge in [-0.15, -0.1) is 0 Å². The van der Waals surface area contributed by atoms with E-state index in [0.29, 0.717) is 11.1 Å². The van der Waals surface area contributed by atoms with Crippen molar-refractivity contribution in [2.45, 2.75) is 26.5 Å². The van der Waals surface area contributed by atoms with Crippen LogP contribution in [0, 0.1) is 6.92 Å². The second kappa shape index (κ2) is 7.06. The molecule has 0 radical (unpaired) electrons. The van der Waals surface area contributed by atoms with Gasteiger partial charge in [0.2, 0.25) is 19.7 Å². The van der Waals surface area contributed by atoms with Crippen molar-refractivity contribution in [3.63, 3.8) is 0 Å². The molecule has 2 heterocycles. The molecule has 4 aromatic rings. The second-order valence-electron chi connectivity index (χ2n) is 6.60. The van der Waals surface area contributed by atoms with Gasteiger partial charge in [-0.1, -0.05) is 48.0 Å². The third-order valence-corrected chi connectivity index (χ3v) is 8.44. The van der Waals surface area contributed by atoms with Crippen LogP contribution in [-0.2, 0) is 19.7 Å². The number of rotatable bonds is 5. The van der Waals surface area contributed by atoms with Crippen molar-refractivity contribution >= 4 is 19.7 Å². The van der Waals surface area contributed by atoms with Crippen molar-refractivity contribution in [2.75, 3.05) is 0 Å². The summed E-state index contributed by atoms with van der Waals surface area (Å²) in [5.41, 5.74) is 2.10. The van der Waals surface area contributed by atoms with E-state index in [1.165, 1.54) is 30.7 Å². The predicted molar refractivity (Wildman–Crippen MR) is 109 cm³/mol. The van der Waals surface area contributed by atoms with Crippen molar-refractivity contribution in [1.82, 2.24) is 9.97 Å². The summed E-state index contributed by atoms with van der Waals surface area (Å²) in [5, 5.41) is 0. The monoisotopic (exact) mass is 426 g/mol. The number of nitrogens with one attached hydrogen (secondary N) is 2. The average Bonchev–Trinajstić information content (AvgIpc) is 3.40. The Bertz CT molecular complexity index is 1370. The Balaban J connectivity index is 1.86. The van der Waals surface area contributed by atoms with Gasteiger partial charge in [0, 0.05) is 30.4 Å². The van der Waals surface area contributed by atoms with Crippen LogP contribution in [0.25, 0.3) is 11.1 Å². The fraction of sp³-hybridized carbons (Fsp3) is 0.0476. The summed E-state index contributed by atoms with van der Waals surface area (Å²) in [6.07, 6.45) is 5.37. The van der Waals surface area contributed by atoms with Gasteiger partial charge < -0.3 is 9.97 Å². The Kier molecular flexibility index (Phi) is 4.68. The number of aromatic amines is 2. The van der Waals surface area contributed by atoms with E-state index in [4.69, 9.17) is 0 Å². The second-order valence-corrected chi connectivity index (χ2v) is 10.4. The average molecular weight is 427 g/mol. The number of hydrogen-bond acceptors (Lipinski definition) is 4. The minimum absolute atomic E-state index is 0.0173. The van der Waals surface area contributed by atoms with Crippen molar-refractivity contribution in [2.24, 2.45) is 0 Å². The Morgan fingerprint density at radius 1 is 0.621 bits per heavy atom. The highest BCUT2D eigenvalue weighted by Gasteiger charge is 2.32. The molecule has 2 aromatic carbocycles. The molecule has 0 spiro atoms. The van der Waals surface area contributed by atoms with Gasteiger partial charge in [-0.2, -0.15) is 0 Å². The van der Waals surface area contributed by atoms with Crippen molar-refractivity contribution < 1.29 is 16.8 Å². The van der Waals surface area contributed by atoms with Gasteiger partial charge in [0.25, 0.3) is 0 Å². The standard InChI is InChI=1S/C21H18N2O4S2/c1-15-7-9-17(10-8-15)28(24,25)20-13-23-14-21(20)29(26,27)19-12-22-11-18(19)16-5-3-2-4-6-16/h2-14,22-23H,1H3. The van der Waals surface area contributed by atoms with E-state index < -0.39 is 19.7 Å². The van der Waals surface area contributed by atoms with Crippen molar-refractivity contribution in [3.8, 4) is 11.1 Å². The predicted octanol–water partition coefficient (Wildman–Crippen LogP) is 3.98. The molecule has 0 bridgehead atoms. The number of aryl methyl sites for hydroxylation is 1. The summed E-state index contributed by atoms with van der Waals surface area (Å²) in [5.74, 6) is 0. The van der Waals surface area contributed by atoms with Gasteiger partial charge in [0.1, 0.15) is 9.79 Å². The molecule has 148 valence electrons. The van der Waals surface area contributed by atoms with E-state index in [1.807, 2.05) is 25.1 Å². The zero-order valence-corrected chi connectivity index (χ0v) is 17.1. The molecule has 6 nitrogen and oxygen atoms in total. The molecule has 2 aromatic heterocycles. The number of sulfone groups is 2. The molecule has 0 atom stereocenters. The minimum Gasteiger partial charge on any atom is -0.366 e. The molecule has 0 unspecified atom stereocenters. The number of H-pyrrole nitrogens is 2. The summed E-state index contributed by atoms with van der Waals surface area (Å²) < 4.78 is 53.0. The normalized spacial score (nSPS) is 12.2. The molecule has 0 amide bonds. The number of aromatic nitrogens is 2. The van der Waals surface area contributed by atoms with E-state index in [0.717, 1.165) is 5.56 Å². The van der Waals surface area contributed by atoms with Gasteiger partial charge >= 0.3 is 0 Å². The highest BCUT2D eigenvalue weighted by Crippen LogP contribution is 2.35. The van der Waals surface area contributed by atoms with Gasteiger partial charge in [-0.3, -0.25) is 0 Å². The van der Waals surface area contributed by atoms with E-state index in [1.54, 1.807) is 30.5 Å². The molecule has 2 N–H and O–H groups in total. The number of benzene rings is 2. The first kappa shape index (κ1) is 19.2. The van der Waals surface area contributed by atoms with E-state index >= 15 is 0 Å². The Hall–Kier alpha value is -3.10. The van der Waals surface area contributed by atoms with Crippen LogP contribution in [0.2, 0.25) is 0 Å². The first-order chi connectivity index (χ1) is 13.8. The largest absolute Gasteiger partial charge is 0.366 e. The lowest BCUT2D eigenvalue weighted by atomic mass is 10.1. The quantitative estimate of drug-likeness (QED) is 0.504. The highest BCUT2D eigenvalue weighted by atomic mass is 32.2. The van der Waals surface area contributed by atoms with Crippen LogP contribution < -0.4 is 0 Å². The first-order valence-corrected chi connectivity index (χ1v) is 11.7. The van der Waals surface area contributed by atoms with Crippen LogP contribution in [0.5, 0.6) is 0 Å². The molecule has 8 heteroatoms. The summed E-state index contributed by atoms with van der Waals surface area (Å²) in [6, 6.07) is 15.3. The lowest BCUT2D eigenvalue weighted by Gasteiger charge is -2.09. The molecule has 29 heavy (non-hydrogen) atoms. The zero-order chi connectivity index (χ0) is 20.6. The fourth-order valence-electron chi connectivity index (χ4n) is 3.13. The maximum Gasteiger partial charge on any atom is 0.211 e. The van der Waals surface area contributed by atoms with Gasteiger partial charge in [0.05, 0.1) is 9.79 Å². The molecule has 4 rings (SSSR count). The molecule has 0 aliphatic carbocycles. The van der Waals surface area contributed by atoms with Crippen LogP contribution in [0.3, 0.4) is 0 Å². The lowest BCUT2D eigenvalue weighted by Crippen LogP contribution is -2.09. The van der Waals surface area contributed by atoms with E-state index in [-0.39, 0.29) is 19.6 Å². The maximum atomic E-state index is 13.4. The first-order valence-electron chi connectivity index (χ1n) is 8.77. The summed E-state index contributed by atoms with van der Waals surface area (Å²) in [6.45, 7) is 1.85. The fourth-order valence-corrected chi connectivity index (χ4v) is 6.56. The third kappa shape index (κ3) is 3.30. The van der Waals surface area contributed by atoms with E-state index in [9.17, 15) is 16.8 Å². The lowest BCUT2D eigenvalue weighted by molar-refractivity contribution is 0.584. The smallest absolute Gasteiger partial charge is 0.211 e. The molecule has 0 aliphatic rings. The van der Waals surface area contributed by atoms with Gasteiger partial charge in [0.15, 0.2) is 0 Å². The highest BCUT2D eigenvalue weighted by molar-refractivity contribution is 7.94. The third-order valence-electron chi connectivity index (χ3n) is 4.66. The molecular formula is C21H18N2O4S2. The summed E-state index contributed by atoms with van der Waals surface area (Å²) in [4.78, 5) is 4.96. The van der Waals surface area contributed by atoms with Crippen LogP contribution >= 0.6 is 0 Å². The SMILES string of the molecule is Cc1ccc(S(=O)(=O)c2c[nH]cc2S(=O)(=O)c2c[nH]cc2-c2ccccc2)cc1. The molecule has 0 saturated heterocycles. The summed E-state index contributed by atoms with van der Waals surface area (Å²) in [7, 11) is -8.12. The Morgan fingerprint density at radius 3 is 1.83 bits per heavy atom. The van der Waals surface area contributed by atoms with Crippen molar-refractivity contribution in [3.05, 3.63) is 84.9 Å². The Morgan fingerprint density at radius 2 is 1.17 bits per heavy atom. The zero-order valence-electron chi connectivity index (χ0n) is 15.5. The van der Waals surface area contributed by atoms with Crippen LogP contribution in [0.4, 0.5) is 0 Å². The number of hydrogen-bond donors (Lipinski definition) is 2. The van der Waals surface area contributed by atoms with Crippen LogP contribution in [0.15, 0.2) is 99.0 Å². The van der Waals surface area contributed by atoms with E-state index in [2.05, 4.69) is 9.97 Å². The minimum atomic E-state index is -4.10. The molecule has 0 saturated carbocycles. The van der Waals surface area contributed by atoms with Crippen LogP contribution in [0.1, 0.15) is 5.56 Å². The summed E-state index contributed by atoms with van der Waals surface area (Å²) >= 11 is 0. The molecular weight excluding hydrogens is 408 g/mol. The molecule has 0 fully saturated rings. The van der Waals surface area contributed by atoms with Crippen molar-refractivity contribution in [1.29, 1.82) is 0 Å². The van der Waals surface area contributed by atoms with Crippen LogP contribution in [-0.4, -0.2) is 26.8 Å². The van der Waals surface area contributed by atoms with Gasteiger partial charge in [-0.25, -0.2) is 16.8 Å². The topological polar surface area (TPSA) is 99.9 Å². The van der Waals surface area contributed by atoms with Gasteiger partial charge in [-0.05, 0) is 24.6 Å². The molecule has 0 aliphatic heterocycles. The Labute approximate surface area is 169 Å². The maximum absolute atomic E-state index is 13.4.